The Labute approximate surface area is 155 Å². The summed E-state index contributed by atoms with van der Waals surface area (Å²) in [5.74, 6) is -3.07. The normalized spacial score (nSPS) is 19.6. The number of carboxylic acids is 1. The van der Waals surface area contributed by atoms with Crippen molar-refractivity contribution < 1.29 is 28.2 Å². The number of aliphatic carboxylic acids is 1. The first-order chi connectivity index (χ1) is 12.9. The molecule has 2 atom stereocenters. The Morgan fingerprint density at radius 2 is 1.85 bits per heavy atom. The van der Waals surface area contributed by atoms with Crippen LogP contribution in [0.25, 0.3) is 0 Å². The zero-order chi connectivity index (χ0) is 19.6. The third-order valence-corrected chi connectivity index (χ3v) is 4.79. The Morgan fingerprint density at radius 3 is 2.48 bits per heavy atom. The van der Waals surface area contributed by atoms with Crippen LogP contribution in [0.15, 0.2) is 42.5 Å². The molecule has 0 aliphatic carbocycles. The lowest BCUT2D eigenvalue weighted by molar-refractivity contribution is -0.144. The maximum Gasteiger partial charge on any atom is 0.308 e. The number of carbonyl (C=O) groups excluding carboxylic acids is 1. The van der Waals surface area contributed by atoms with Crippen LogP contribution in [0.3, 0.4) is 0 Å². The van der Waals surface area contributed by atoms with Crippen molar-refractivity contribution in [1.29, 1.82) is 0 Å². The highest BCUT2D eigenvalue weighted by Gasteiger charge is 2.35. The molecule has 5 nitrogen and oxygen atoms in total. The van der Waals surface area contributed by atoms with Crippen molar-refractivity contribution in [2.75, 3.05) is 6.54 Å². The second-order valence-corrected chi connectivity index (χ2v) is 6.53. The number of benzene rings is 2. The SMILES string of the molecule is C[C@@H]1[C@H](C(=O)O)CCCN1C(=O)c1ccc(Oc2ccc(F)cc2F)cc1. The second kappa shape index (κ2) is 7.73. The van der Waals surface area contributed by atoms with Gasteiger partial charge in [-0.1, -0.05) is 0 Å². The van der Waals surface area contributed by atoms with Gasteiger partial charge in [-0.25, -0.2) is 8.78 Å². The first-order valence-corrected chi connectivity index (χ1v) is 8.63. The van der Waals surface area contributed by atoms with Crippen molar-refractivity contribution in [2.45, 2.75) is 25.8 Å². The molecule has 142 valence electrons. The molecule has 2 aromatic rings. The molecule has 1 N–H and O–H groups in total. The van der Waals surface area contributed by atoms with E-state index in [0.717, 1.165) is 12.1 Å². The number of halogens is 2. The Hall–Kier alpha value is -2.96. The molecule has 0 radical (unpaired) electrons. The van der Waals surface area contributed by atoms with Crippen LogP contribution >= 0.6 is 0 Å². The summed E-state index contributed by atoms with van der Waals surface area (Å²) in [6, 6.07) is 8.71. The maximum atomic E-state index is 13.7. The van der Waals surface area contributed by atoms with Crippen molar-refractivity contribution >= 4 is 11.9 Å². The molecule has 7 heteroatoms. The van der Waals surface area contributed by atoms with E-state index in [1.807, 2.05) is 0 Å². The van der Waals surface area contributed by atoms with Crippen molar-refractivity contribution in [3.05, 3.63) is 59.7 Å². The van der Waals surface area contributed by atoms with Gasteiger partial charge >= 0.3 is 5.97 Å². The lowest BCUT2D eigenvalue weighted by Crippen LogP contribution is -2.49. The summed E-state index contributed by atoms with van der Waals surface area (Å²) in [5.41, 5.74) is 0.389. The minimum Gasteiger partial charge on any atom is -0.481 e. The minimum atomic E-state index is -0.898. The van der Waals surface area contributed by atoms with Gasteiger partial charge in [0.1, 0.15) is 11.6 Å². The van der Waals surface area contributed by atoms with Crippen molar-refractivity contribution in [3.8, 4) is 11.5 Å². The quantitative estimate of drug-likeness (QED) is 0.874. The maximum absolute atomic E-state index is 13.7. The molecule has 0 aromatic heterocycles. The van der Waals surface area contributed by atoms with Crippen LogP contribution in [0, 0.1) is 17.6 Å². The molecule has 1 fully saturated rings. The number of nitrogens with zero attached hydrogens (tertiary/aromatic N) is 1. The molecule has 1 amide bonds. The Kier molecular flexibility index (Phi) is 5.39. The largest absolute Gasteiger partial charge is 0.481 e. The van der Waals surface area contributed by atoms with Crippen LogP contribution < -0.4 is 4.74 Å². The van der Waals surface area contributed by atoms with Crippen molar-refractivity contribution in [3.63, 3.8) is 0 Å². The van der Waals surface area contributed by atoms with Gasteiger partial charge in [0.25, 0.3) is 5.91 Å². The summed E-state index contributed by atoms with van der Waals surface area (Å²) in [5, 5.41) is 9.29. The highest BCUT2D eigenvalue weighted by atomic mass is 19.1. The first-order valence-electron chi connectivity index (χ1n) is 8.63. The predicted molar refractivity (Wildman–Crippen MR) is 93.7 cm³/mol. The van der Waals surface area contributed by atoms with Crippen LogP contribution in [0.5, 0.6) is 11.5 Å². The van der Waals surface area contributed by atoms with Gasteiger partial charge in [0.2, 0.25) is 0 Å². The summed E-state index contributed by atoms with van der Waals surface area (Å²) in [6.07, 6.45) is 1.19. The molecule has 0 unspecified atom stereocenters. The predicted octanol–water partition coefficient (Wildman–Crippen LogP) is 4.08. The van der Waals surface area contributed by atoms with Gasteiger partial charge in [-0.2, -0.15) is 0 Å². The monoisotopic (exact) mass is 375 g/mol. The van der Waals surface area contributed by atoms with Gasteiger partial charge < -0.3 is 14.7 Å². The zero-order valence-electron chi connectivity index (χ0n) is 14.7. The van der Waals surface area contributed by atoms with Gasteiger partial charge in [-0.3, -0.25) is 9.59 Å². The number of ether oxygens (including phenoxy) is 1. The van der Waals surface area contributed by atoms with E-state index in [1.54, 1.807) is 11.8 Å². The molecule has 1 saturated heterocycles. The second-order valence-electron chi connectivity index (χ2n) is 6.53. The van der Waals surface area contributed by atoms with Gasteiger partial charge in [0.15, 0.2) is 11.6 Å². The third kappa shape index (κ3) is 4.07. The standard InChI is InChI=1S/C20H19F2NO4/c1-12-16(20(25)26)3-2-10-23(12)19(24)13-4-7-15(8-5-13)27-18-9-6-14(21)11-17(18)22/h4-9,11-12,16H,2-3,10H2,1H3,(H,25,26)/t12-,16-/m1/s1. The van der Waals surface area contributed by atoms with E-state index in [9.17, 15) is 23.5 Å². The molecule has 0 spiro atoms. The van der Waals surface area contributed by atoms with Crippen LogP contribution in [0.4, 0.5) is 8.78 Å². The lowest BCUT2D eigenvalue weighted by atomic mass is 9.90. The smallest absolute Gasteiger partial charge is 0.308 e. The van der Waals surface area contributed by atoms with E-state index in [0.29, 0.717) is 30.7 Å². The summed E-state index contributed by atoms with van der Waals surface area (Å²) >= 11 is 0. The van der Waals surface area contributed by atoms with Gasteiger partial charge in [-0.15, -0.1) is 0 Å². The minimum absolute atomic E-state index is 0.121. The fourth-order valence-corrected chi connectivity index (χ4v) is 3.28. The zero-order valence-corrected chi connectivity index (χ0v) is 14.7. The fourth-order valence-electron chi connectivity index (χ4n) is 3.28. The molecule has 0 saturated carbocycles. The summed E-state index contributed by atoms with van der Waals surface area (Å²) in [6.45, 7) is 2.24. The molecule has 27 heavy (non-hydrogen) atoms. The van der Waals surface area contributed by atoms with E-state index in [-0.39, 0.29) is 11.7 Å². The molecule has 3 rings (SSSR count). The van der Waals surface area contributed by atoms with Crippen LogP contribution in [-0.4, -0.2) is 34.5 Å². The topological polar surface area (TPSA) is 66.8 Å². The Bertz CT molecular complexity index is 854. The van der Waals surface area contributed by atoms with Gasteiger partial charge in [0, 0.05) is 24.2 Å². The van der Waals surface area contributed by atoms with Crippen molar-refractivity contribution in [2.24, 2.45) is 5.92 Å². The average molecular weight is 375 g/mol. The number of likely N-dealkylation sites (tertiary alicyclic amines) is 1. The molecule has 1 aliphatic rings. The van der Waals surface area contributed by atoms with E-state index in [2.05, 4.69) is 0 Å². The number of piperidine rings is 1. The third-order valence-electron chi connectivity index (χ3n) is 4.79. The lowest BCUT2D eigenvalue weighted by Gasteiger charge is -2.37. The molecule has 1 aliphatic heterocycles. The highest BCUT2D eigenvalue weighted by Crippen LogP contribution is 2.28. The number of amides is 1. The molecule has 2 aromatic carbocycles. The molecule has 1 heterocycles. The fraction of sp³-hybridized carbons (Fsp3) is 0.300. The average Bonchev–Trinajstić information content (AvgIpc) is 2.64. The first kappa shape index (κ1) is 18.8. The number of rotatable bonds is 4. The van der Waals surface area contributed by atoms with E-state index in [4.69, 9.17) is 4.74 Å². The van der Waals surface area contributed by atoms with Gasteiger partial charge in [0.05, 0.1) is 5.92 Å². The summed E-state index contributed by atoms with van der Waals surface area (Å²) in [7, 11) is 0. The molecule has 0 bridgehead atoms. The van der Waals surface area contributed by atoms with E-state index >= 15 is 0 Å². The number of carboxylic acid groups (broad SMARTS) is 1. The molecular weight excluding hydrogens is 356 g/mol. The van der Waals surface area contributed by atoms with E-state index < -0.39 is 29.6 Å². The Balaban J connectivity index is 1.72. The number of carbonyl (C=O) groups is 2. The molecular formula is C20H19F2NO4. The summed E-state index contributed by atoms with van der Waals surface area (Å²) in [4.78, 5) is 25.6. The van der Waals surface area contributed by atoms with E-state index in [1.165, 1.54) is 30.3 Å². The van der Waals surface area contributed by atoms with Crippen LogP contribution in [-0.2, 0) is 4.79 Å². The van der Waals surface area contributed by atoms with Gasteiger partial charge in [-0.05, 0) is 56.2 Å². The highest BCUT2D eigenvalue weighted by molar-refractivity contribution is 5.95. The summed E-state index contributed by atoms with van der Waals surface area (Å²) < 4.78 is 32.0. The number of hydrogen-bond acceptors (Lipinski definition) is 3. The van der Waals surface area contributed by atoms with Crippen LogP contribution in [0.1, 0.15) is 30.1 Å². The Morgan fingerprint density at radius 1 is 1.15 bits per heavy atom. The van der Waals surface area contributed by atoms with Crippen molar-refractivity contribution in [1.82, 2.24) is 4.90 Å². The number of hydrogen-bond donors (Lipinski definition) is 1. The van der Waals surface area contributed by atoms with Crippen LogP contribution in [0.2, 0.25) is 0 Å².